The number of nitrogens with zero attached hydrogens (tertiary/aromatic N) is 6. The number of aliphatic imine (C=N–C) groups is 2. The lowest BCUT2D eigenvalue weighted by Crippen LogP contribution is -2.50. The molecule has 2 spiro atoms. The SMILES string of the molecule is C=CS(=O)(=O)N1CCC2(CC1)N=C(C1CCC(CC)CC1)NC2=O.CCC1CCC(C2=NC3(CCN(S(=O)(=O)/C=C/c4ccc(N5CC(=O)NC5=O)cc4C)CC3)C(=O)N2)CC1.Cc1cc(N2CC(=O)NC2=O)ccc1Br. The van der Waals surface area contributed by atoms with E-state index < -0.39 is 37.2 Å². The van der Waals surface area contributed by atoms with Gasteiger partial charge in [0.2, 0.25) is 31.9 Å². The van der Waals surface area contributed by atoms with E-state index in [-0.39, 0.29) is 55.8 Å². The van der Waals surface area contributed by atoms with Crippen LogP contribution in [0, 0.1) is 37.5 Å². The van der Waals surface area contributed by atoms with Gasteiger partial charge in [-0.1, -0.05) is 55.3 Å². The van der Waals surface area contributed by atoms with Gasteiger partial charge in [0.1, 0.15) is 35.8 Å². The lowest BCUT2D eigenvalue weighted by atomic mass is 9.80. The third kappa shape index (κ3) is 13.0. The van der Waals surface area contributed by atoms with Gasteiger partial charge in [-0.2, -0.15) is 8.61 Å². The number of rotatable bonds is 11. The second-order valence-corrected chi connectivity index (χ2v) is 26.0. The van der Waals surface area contributed by atoms with Gasteiger partial charge in [-0.3, -0.25) is 49.6 Å². The highest BCUT2D eigenvalue weighted by molar-refractivity contribution is 9.10. The average molecular weight is 1160 g/mol. The summed E-state index contributed by atoms with van der Waals surface area (Å²) >= 11 is 3.38. The smallest absolute Gasteiger partial charge is 0.312 e. The number of carbonyl (C=O) groups excluding carboxylic acids is 6. The molecule has 6 aliphatic heterocycles. The highest BCUT2D eigenvalue weighted by atomic mass is 79.9. The fraction of sp³-hybridized carbons (Fsp3) is 0.556. The van der Waals surface area contributed by atoms with Crippen molar-refractivity contribution in [2.45, 2.75) is 129 Å². The molecule has 416 valence electrons. The van der Waals surface area contributed by atoms with E-state index in [2.05, 4.69) is 57.6 Å². The van der Waals surface area contributed by atoms with Crippen LogP contribution in [-0.2, 0) is 39.2 Å². The van der Waals surface area contributed by atoms with Crippen LogP contribution in [0.25, 0.3) is 6.08 Å². The van der Waals surface area contributed by atoms with Crippen molar-refractivity contribution < 1.29 is 45.6 Å². The number of halogens is 1. The minimum atomic E-state index is -3.69. The van der Waals surface area contributed by atoms with Crippen molar-refractivity contribution >= 4 is 101 Å². The van der Waals surface area contributed by atoms with E-state index >= 15 is 0 Å². The summed E-state index contributed by atoms with van der Waals surface area (Å²) in [7, 11) is -7.10. The van der Waals surface area contributed by atoms with E-state index in [1.807, 2.05) is 26.0 Å². The fourth-order valence-corrected chi connectivity index (χ4v) is 13.9. The molecule has 0 atom stereocenters. The second-order valence-electron chi connectivity index (χ2n) is 21.4. The topological polar surface area (TPSA) is 256 Å². The number of nitrogens with one attached hydrogen (secondary N) is 4. The van der Waals surface area contributed by atoms with Gasteiger partial charge in [0.15, 0.2) is 0 Å². The molecule has 23 heteroatoms. The number of amides is 8. The minimum Gasteiger partial charge on any atom is -0.312 e. The number of imide groups is 2. The summed E-state index contributed by atoms with van der Waals surface area (Å²) in [4.78, 5) is 83.6. The number of anilines is 2. The molecule has 0 aromatic heterocycles. The number of carbonyl (C=O) groups is 6. The molecule has 0 radical (unpaired) electrons. The van der Waals surface area contributed by atoms with Crippen LogP contribution in [0.1, 0.15) is 120 Å². The van der Waals surface area contributed by atoms with Crippen LogP contribution in [0.3, 0.4) is 0 Å². The molecule has 2 aromatic carbocycles. The predicted octanol–water partition coefficient (Wildman–Crippen LogP) is 6.78. The Balaban J connectivity index is 0.000000170. The molecule has 10 rings (SSSR count). The van der Waals surface area contributed by atoms with E-state index in [1.54, 1.807) is 30.3 Å². The zero-order valence-corrected chi connectivity index (χ0v) is 47.5. The Morgan fingerprint density at radius 1 is 0.610 bits per heavy atom. The van der Waals surface area contributed by atoms with Gasteiger partial charge in [-0.05, 0) is 156 Å². The number of aryl methyl sites for hydroxylation is 2. The number of urea groups is 2. The van der Waals surface area contributed by atoms with Crippen LogP contribution in [0.5, 0.6) is 0 Å². The van der Waals surface area contributed by atoms with Crippen molar-refractivity contribution in [3.63, 3.8) is 0 Å². The van der Waals surface area contributed by atoms with Crippen LogP contribution in [0.4, 0.5) is 21.0 Å². The molecule has 6 heterocycles. The Morgan fingerprint density at radius 3 is 1.40 bits per heavy atom. The summed E-state index contributed by atoms with van der Waals surface area (Å²) in [6.45, 7) is 12.7. The van der Waals surface area contributed by atoms with Crippen LogP contribution < -0.4 is 31.1 Å². The molecule has 20 nitrogen and oxygen atoms in total. The monoisotopic (exact) mass is 1160 g/mol. The van der Waals surface area contributed by atoms with Crippen molar-refractivity contribution in [1.82, 2.24) is 29.9 Å². The number of piperidine rings is 2. The first-order valence-corrected chi connectivity index (χ1v) is 30.6. The molecule has 0 bridgehead atoms. The number of hydrogen-bond acceptors (Lipinski definition) is 12. The van der Waals surface area contributed by atoms with Gasteiger partial charge in [0.25, 0.3) is 11.8 Å². The van der Waals surface area contributed by atoms with Gasteiger partial charge in [0, 0.05) is 64.7 Å². The predicted molar refractivity (Wildman–Crippen MR) is 299 cm³/mol. The summed E-state index contributed by atoms with van der Waals surface area (Å²) in [5.41, 5.74) is 2.18. The summed E-state index contributed by atoms with van der Waals surface area (Å²) in [6, 6.07) is 9.85. The Morgan fingerprint density at radius 2 is 1.03 bits per heavy atom. The van der Waals surface area contributed by atoms with Gasteiger partial charge < -0.3 is 10.6 Å². The number of hydrogen-bond donors (Lipinski definition) is 4. The van der Waals surface area contributed by atoms with Crippen LogP contribution in [0.2, 0.25) is 0 Å². The summed E-state index contributed by atoms with van der Waals surface area (Å²) in [5.74, 6) is 3.09. The first-order valence-electron chi connectivity index (χ1n) is 26.8. The van der Waals surface area contributed by atoms with Gasteiger partial charge in [-0.25, -0.2) is 26.4 Å². The maximum atomic E-state index is 13.1. The fourth-order valence-electron chi connectivity index (χ4n) is 11.5. The Labute approximate surface area is 460 Å². The maximum absolute atomic E-state index is 13.1. The van der Waals surface area contributed by atoms with Gasteiger partial charge >= 0.3 is 12.1 Å². The molecule has 2 saturated carbocycles. The molecule has 2 aliphatic carbocycles. The second kappa shape index (κ2) is 23.8. The average Bonchev–Trinajstić information content (AvgIpc) is 4.17. The van der Waals surface area contributed by atoms with E-state index in [4.69, 9.17) is 9.98 Å². The lowest BCUT2D eigenvalue weighted by molar-refractivity contribution is -0.125. The van der Waals surface area contributed by atoms with Crippen molar-refractivity contribution in [3.05, 3.63) is 75.0 Å². The highest BCUT2D eigenvalue weighted by Gasteiger charge is 2.50. The Bertz CT molecular complexity index is 2990. The number of amidine groups is 2. The van der Waals surface area contributed by atoms with Crippen LogP contribution in [-0.4, -0.2) is 123 Å². The first kappa shape index (κ1) is 57.6. The summed E-state index contributed by atoms with van der Waals surface area (Å²) < 4.78 is 53.7. The molecule has 8 amide bonds. The molecule has 8 aliphatic rings. The molecule has 4 saturated heterocycles. The third-order valence-electron chi connectivity index (χ3n) is 16.7. The number of sulfonamides is 2. The molecule has 77 heavy (non-hydrogen) atoms. The molecular weight excluding hydrogens is 1090 g/mol. The van der Waals surface area contributed by atoms with Crippen molar-refractivity contribution in [1.29, 1.82) is 0 Å². The molecule has 4 N–H and O–H groups in total. The minimum absolute atomic E-state index is 0.0399. The Kier molecular flexibility index (Phi) is 17.8. The van der Waals surface area contributed by atoms with E-state index in [0.717, 1.165) is 88.7 Å². The normalized spacial score (nSPS) is 25.6. The quantitative estimate of drug-likeness (QED) is 0.172. The van der Waals surface area contributed by atoms with Crippen LogP contribution >= 0.6 is 15.9 Å². The summed E-state index contributed by atoms with van der Waals surface area (Å²) in [6.07, 6.45) is 14.6. The van der Waals surface area contributed by atoms with E-state index in [1.165, 1.54) is 49.5 Å². The molecule has 2 aromatic rings. The Hall–Kier alpha value is -5.62. The molecular formula is C54H71BrN10O10S2. The summed E-state index contributed by atoms with van der Waals surface area (Å²) in [5, 5.41) is 12.7. The molecule has 0 unspecified atom stereocenters. The maximum Gasteiger partial charge on any atom is 0.329 e. The van der Waals surface area contributed by atoms with E-state index in [9.17, 15) is 45.6 Å². The first-order chi connectivity index (χ1) is 36.6. The number of benzene rings is 2. The standard InChI is InChI=1S/C27H35N5O5S.C17H27N3O3S.C10H9BrN2O2/c1-3-19-4-6-21(7-5-19)24-29-25(34)27(30-24)11-13-31(14-12-27)38(36,37)15-10-20-8-9-22(16-18(20)2)32-17-23(33)28-26(32)35;1-3-13-5-7-14(8-6-13)15-18-16(21)17(19-15)9-11-20(12-10-17)24(22,23)4-2;1-6-4-7(2-3-8(6)11)13-5-9(14)12-10(13)15/h8-10,15-16,19,21H,3-7,11-14,17H2,1-2H3,(H,28,33,35)(H,29,30,34);4,13-14H,2-3,5-12H2,1H3,(H,18,19,21);2-4H,5H2,1H3,(H,12,14,15)/b15-10+;;. The highest BCUT2D eigenvalue weighted by Crippen LogP contribution is 2.39. The van der Waals surface area contributed by atoms with E-state index in [0.29, 0.717) is 61.9 Å². The van der Waals surface area contributed by atoms with Crippen molar-refractivity contribution in [2.75, 3.05) is 49.1 Å². The van der Waals surface area contributed by atoms with Crippen LogP contribution in [0.15, 0.2) is 68.3 Å². The molecule has 6 fully saturated rings. The third-order valence-corrected chi connectivity index (χ3v) is 20.6. The van der Waals surface area contributed by atoms with Crippen molar-refractivity contribution in [3.8, 4) is 0 Å². The zero-order valence-electron chi connectivity index (χ0n) is 44.3. The lowest BCUT2D eigenvalue weighted by Gasteiger charge is -2.34. The van der Waals surface area contributed by atoms with Gasteiger partial charge in [0.05, 0.1) is 0 Å². The van der Waals surface area contributed by atoms with Gasteiger partial charge in [-0.15, -0.1) is 0 Å². The zero-order chi connectivity index (χ0) is 55.5. The van der Waals surface area contributed by atoms with Crippen molar-refractivity contribution in [2.24, 2.45) is 33.7 Å². The largest absolute Gasteiger partial charge is 0.329 e.